The molecule has 0 aliphatic carbocycles. The number of aliphatic hydroxyl groups is 1. The van der Waals surface area contributed by atoms with Crippen molar-refractivity contribution in [1.29, 1.82) is 0 Å². The van der Waals surface area contributed by atoms with Gasteiger partial charge in [-0.05, 0) is 23.6 Å². The van der Waals surface area contributed by atoms with Gasteiger partial charge >= 0.3 is 0 Å². The number of furan rings is 1. The third-order valence-electron chi connectivity index (χ3n) is 4.31. The van der Waals surface area contributed by atoms with Crippen molar-refractivity contribution in [2.24, 2.45) is 0 Å². The smallest absolute Gasteiger partial charge is 0.296 e. The molecule has 1 saturated heterocycles. The van der Waals surface area contributed by atoms with Crippen LogP contribution >= 0.6 is 11.3 Å². The first-order chi connectivity index (χ1) is 12.7. The summed E-state index contributed by atoms with van der Waals surface area (Å²) in [6.45, 7) is 0.158. The minimum atomic E-state index is -0.684. The summed E-state index contributed by atoms with van der Waals surface area (Å²) < 4.78 is 5.34. The Kier molecular flexibility index (Phi) is 4.18. The minimum absolute atomic E-state index is 0.107. The van der Waals surface area contributed by atoms with Crippen LogP contribution in [0.15, 0.2) is 76.2 Å². The first kappa shape index (κ1) is 16.4. The van der Waals surface area contributed by atoms with Crippen LogP contribution < -0.4 is 0 Å². The molecule has 4 rings (SSSR count). The average Bonchev–Trinajstić information content (AvgIpc) is 3.41. The van der Waals surface area contributed by atoms with Gasteiger partial charge in [0.25, 0.3) is 11.7 Å². The van der Waals surface area contributed by atoms with Gasteiger partial charge in [-0.15, -0.1) is 11.3 Å². The molecule has 2 aromatic heterocycles. The fourth-order valence-corrected chi connectivity index (χ4v) is 3.95. The highest BCUT2D eigenvalue weighted by atomic mass is 32.1. The molecule has 1 N–H and O–H groups in total. The van der Waals surface area contributed by atoms with Crippen LogP contribution in [-0.4, -0.2) is 21.7 Å². The summed E-state index contributed by atoms with van der Waals surface area (Å²) >= 11 is 1.43. The largest absolute Gasteiger partial charge is 0.507 e. The number of aliphatic hydroxyl groups excluding tert-OH is 1. The normalized spacial score (nSPS) is 19.2. The summed E-state index contributed by atoms with van der Waals surface area (Å²) in [5, 5.41) is 12.7. The zero-order valence-corrected chi connectivity index (χ0v) is 14.5. The lowest BCUT2D eigenvalue weighted by atomic mass is 10.00. The molecule has 26 heavy (non-hydrogen) atoms. The van der Waals surface area contributed by atoms with Gasteiger partial charge in [0.1, 0.15) is 17.6 Å². The Bertz CT molecular complexity index is 959. The Balaban J connectivity index is 1.84. The van der Waals surface area contributed by atoms with Crippen molar-refractivity contribution >= 4 is 28.8 Å². The fraction of sp³-hybridized carbons (Fsp3) is 0.100. The zero-order valence-electron chi connectivity index (χ0n) is 13.7. The second kappa shape index (κ2) is 6.65. The summed E-state index contributed by atoms with van der Waals surface area (Å²) in [5.41, 5.74) is 0.611. The SMILES string of the molecule is O=C1C(=O)N(Cc2ccco2)C(c2cccs2)/C1=C(/O)c1ccccc1. The third kappa shape index (κ3) is 2.74. The van der Waals surface area contributed by atoms with Crippen LogP contribution in [0.1, 0.15) is 22.2 Å². The van der Waals surface area contributed by atoms with E-state index < -0.39 is 17.7 Å². The summed E-state index contributed by atoms with van der Waals surface area (Å²) in [5.74, 6) is -0.911. The predicted octanol–water partition coefficient (Wildman–Crippen LogP) is 3.96. The fourth-order valence-electron chi connectivity index (χ4n) is 3.11. The maximum atomic E-state index is 12.7. The van der Waals surface area contributed by atoms with Crippen LogP contribution in [0.25, 0.3) is 5.76 Å². The van der Waals surface area contributed by atoms with Gasteiger partial charge in [0.05, 0.1) is 18.4 Å². The molecule has 130 valence electrons. The van der Waals surface area contributed by atoms with E-state index in [0.29, 0.717) is 11.3 Å². The molecule has 1 aliphatic rings. The molecule has 0 bridgehead atoms. The highest BCUT2D eigenvalue weighted by Crippen LogP contribution is 2.41. The van der Waals surface area contributed by atoms with Gasteiger partial charge in [0.15, 0.2) is 0 Å². The molecule has 5 nitrogen and oxygen atoms in total. The number of thiophene rings is 1. The number of nitrogens with zero attached hydrogens (tertiary/aromatic N) is 1. The molecule has 0 spiro atoms. The summed E-state index contributed by atoms with van der Waals surface area (Å²) in [4.78, 5) is 27.7. The lowest BCUT2D eigenvalue weighted by Crippen LogP contribution is -2.28. The summed E-state index contributed by atoms with van der Waals surface area (Å²) in [6.07, 6.45) is 1.52. The average molecular weight is 365 g/mol. The molecule has 6 heteroatoms. The second-order valence-corrected chi connectivity index (χ2v) is 6.87. The van der Waals surface area contributed by atoms with E-state index in [2.05, 4.69) is 0 Å². The number of amides is 1. The van der Waals surface area contributed by atoms with Gasteiger partial charge in [-0.3, -0.25) is 9.59 Å². The van der Waals surface area contributed by atoms with E-state index in [1.54, 1.807) is 36.4 Å². The molecule has 1 aromatic carbocycles. The van der Waals surface area contributed by atoms with Gasteiger partial charge in [0, 0.05) is 10.4 Å². The van der Waals surface area contributed by atoms with Crippen molar-refractivity contribution in [1.82, 2.24) is 4.90 Å². The van der Waals surface area contributed by atoms with Crippen molar-refractivity contribution in [3.63, 3.8) is 0 Å². The molecule has 1 amide bonds. The van der Waals surface area contributed by atoms with E-state index in [1.165, 1.54) is 22.5 Å². The molecule has 3 heterocycles. The minimum Gasteiger partial charge on any atom is -0.507 e. The van der Waals surface area contributed by atoms with Crippen molar-refractivity contribution in [2.75, 3.05) is 0 Å². The van der Waals surface area contributed by atoms with Crippen LogP contribution in [0.5, 0.6) is 0 Å². The molecule has 0 radical (unpaired) electrons. The number of hydrogen-bond acceptors (Lipinski definition) is 5. The number of carbonyl (C=O) groups is 2. The Labute approximate surface area is 153 Å². The molecule has 1 atom stereocenters. The Hall–Kier alpha value is -3.12. The highest BCUT2D eigenvalue weighted by Gasteiger charge is 2.46. The van der Waals surface area contributed by atoms with Crippen LogP contribution in [0.2, 0.25) is 0 Å². The van der Waals surface area contributed by atoms with Crippen LogP contribution in [0.4, 0.5) is 0 Å². The first-order valence-corrected chi connectivity index (χ1v) is 8.94. The Morgan fingerprint density at radius 2 is 1.88 bits per heavy atom. The monoisotopic (exact) mass is 365 g/mol. The van der Waals surface area contributed by atoms with E-state index >= 15 is 0 Å². The number of benzene rings is 1. The Morgan fingerprint density at radius 3 is 2.54 bits per heavy atom. The van der Waals surface area contributed by atoms with Gasteiger partial charge in [-0.1, -0.05) is 36.4 Å². The van der Waals surface area contributed by atoms with E-state index in [1.807, 2.05) is 23.6 Å². The van der Waals surface area contributed by atoms with Gasteiger partial charge in [0.2, 0.25) is 0 Å². The van der Waals surface area contributed by atoms with Gasteiger partial charge < -0.3 is 14.4 Å². The van der Waals surface area contributed by atoms with E-state index in [9.17, 15) is 14.7 Å². The van der Waals surface area contributed by atoms with E-state index in [0.717, 1.165) is 4.88 Å². The summed E-state index contributed by atoms with van der Waals surface area (Å²) in [7, 11) is 0. The third-order valence-corrected chi connectivity index (χ3v) is 5.23. The number of ketones is 1. The quantitative estimate of drug-likeness (QED) is 0.432. The van der Waals surface area contributed by atoms with Crippen LogP contribution in [0.3, 0.4) is 0 Å². The molecule has 1 unspecified atom stereocenters. The predicted molar refractivity (Wildman–Crippen MR) is 97.3 cm³/mol. The van der Waals surface area contributed by atoms with Crippen molar-refractivity contribution in [2.45, 2.75) is 12.6 Å². The van der Waals surface area contributed by atoms with Crippen molar-refractivity contribution < 1.29 is 19.1 Å². The van der Waals surface area contributed by atoms with Gasteiger partial charge in [-0.2, -0.15) is 0 Å². The molecule has 1 aliphatic heterocycles. The maximum Gasteiger partial charge on any atom is 0.296 e. The lowest BCUT2D eigenvalue weighted by molar-refractivity contribution is -0.140. The molecule has 3 aromatic rings. The zero-order chi connectivity index (χ0) is 18.1. The second-order valence-electron chi connectivity index (χ2n) is 5.89. The lowest BCUT2D eigenvalue weighted by Gasteiger charge is -2.23. The number of carbonyl (C=O) groups excluding carboxylic acids is 2. The molecular formula is C20H15NO4S. The first-order valence-electron chi connectivity index (χ1n) is 8.06. The molecule has 1 fully saturated rings. The van der Waals surface area contributed by atoms with E-state index in [-0.39, 0.29) is 17.9 Å². The molecule has 0 saturated carbocycles. The van der Waals surface area contributed by atoms with Crippen molar-refractivity contribution in [3.05, 3.63) is 88.0 Å². The molecular weight excluding hydrogens is 350 g/mol. The highest BCUT2D eigenvalue weighted by molar-refractivity contribution is 7.10. The number of likely N-dealkylation sites (tertiary alicyclic amines) is 1. The van der Waals surface area contributed by atoms with Crippen LogP contribution in [-0.2, 0) is 16.1 Å². The summed E-state index contributed by atoms with van der Waals surface area (Å²) in [6, 6.07) is 15.3. The topological polar surface area (TPSA) is 70.8 Å². The van der Waals surface area contributed by atoms with Crippen molar-refractivity contribution in [3.8, 4) is 0 Å². The Morgan fingerprint density at radius 1 is 1.08 bits per heavy atom. The number of Topliss-reactive ketones (excluding diaryl/α,β-unsaturated/α-hetero) is 1. The maximum absolute atomic E-state index is 12.7. The standard InChI is InChI=1S/C20H15NO4S/c22-18(13-6-2-1-3-7-13)16-17(15-9-5-11-26-15)21(20(24)19(16)23)12-14-8-4-10-25-14/h1-11,17,22H,12H2/b18-16-. The number of hydrogen-bond donors (Lipinski definition) is 1. The van der Waals surface area contributed by atoms with E-state index in [4.69, 9.17) is 4.42 Å². The van der Waals surface area contributed by atoms with Crippen LogP contribution in [0, 0.1) is 0 Å². The van der Waals surface area contributed by atoms with Gasteiger partial charge in [-0.25, -0.2) is 0 Å². The number of rotatable bonds is 4.